The van der Waals surface area contributed by atoms with Gasteiger partial charge >= 0.3 is 5.97 Å². The van der Waals surface area contributed by atoms with E-state index >= 15 is 0 Å². The van der Waals surface area contributed by atoms with Crippen LogP contribution >= 0.6 is 23.2 Å². The Morgan fingerprint density at radius 2 is 1.83 bits per heavy atom. The summed E-state index contributed by atoms with van der Waals surface area (Å²) in [6, 6.07) is 15.2. The van der Waals surface area contributed by atoms with Crippen LogP contribution in [0, 0.1) is 11.3 Å². The predicted octanol–water partition coefficient (Wildman–Crippen LogP) is 6.45. The summed E-state index contributed by atoms with van der Waals surface area (Å²) < 4.78 is 16.2. The SMILES string of the molecule is CCOC(=O)c1c(Nc2cccc(Cl)c2)oc(/C=C(\C#N)C(=O)Nc2ccc(OCC)cc2)c1Cl. The van der Waals surface area contributed by atoms with Crippen LogP contribution in [0.2, 0.25) is 10.0 Å². The molecule has 0 spiro atoms. The van der Waals surface area contributed by atoms with Gasteiger partial charge in [-0.1, -0.05) is 29.3 Å². The zero-order valence-electron chi connectivity index (χ0n) is 18.9. The number of ether oxygens (including phenoxy) is 2. The molecular weight excluding hydrogens is 493 g/mol. The molecule has 0 bridgehead atoms. The van der Waals surface area contributed by atoms with Crippen molar-refractivity contribution in [3.63, 3.8) is 0 Å². The molecule has 0 atom stereocenters. The number of amides is 1. The summed E-state index contributed by atoms with van der Waals surface area (Å²) >= 11 is 12.4. The number of nitrogens with zero attached hydrogens (tertiary/aromatic N) is 1. The topological polar surface area (TPSA) is 114 Å². The van der Waals surface area contributed by atoms with Crippen LogP contribution in [0.25, 0.3) is 6.08 Å². The lowest BCUT2D eigenvalue weighted by Crippen LogP contribution is -2.13. The Morgan fingerprint density at radius 1 is 1.09 bits per heavy atom. The summed E-state index contributed by atoms with van der Waals surface area (Å²) in [6.45, 7) is 4.13. The number of rotatable bonds is 9. The highest BCUT2D eigenvalue weighted by Gasteiger charge is 2.26. The fourth-order valence-electron chi connectivity index (χ4n) is 2.97. The van der Waals surface area contributed by atoms with Crippen molar-refractivity contribution in [2.45, 2.75) is 13.8 Å². The highest BCUT2D eigenvalue weighted by atomic mass is 35.5. The number of nitrogens with one attached hydrogen (secondary N) is 2. The van der Waals surface area contributed by atoms with Crippen LogP contribution in [0.3, 0.4) is 0 Å². The summed E-state index contributed by atoms with van der Waals surface area (Å²) in [4.78, 5) is 25.2. The number of carbonyl (C=O) groups excluding carboxylic acids is 2. The third-order valence-corrected chi connectivity index (χ3v) is 5.11. The minimum atomic E-state index is -0.734. The standard InChI is InChI=1S/C25H21Cl2N3O5/c1-3-33-19-10-8-17(9-11-19)29-23(31)15(14-28)12-20-22(27)21(25(32)34-4-2)24(35-20)30-18-7-5-6-16(26)13-18/h5-13,30H,3-4H2,1-2H3,(H,29,31)/b15-12+. The Balaban J connectivity index is 1.92. The Kier molecular flexibility index (Phi) is 8.79. The average Bonchev–Trinajstić information content (AvgIpc) is 3.13. The summed E-state index contributed by atoms with van der Waals surface area (Å²) in [7, 11) is 0. The Morgan fingerprint density at radius 3 is 2.46 bits per heavy atom. The molecule has 8 nitrogen and oxygen atoms in total. The van der Waals surface area contributed by atoms with Crippen LogP contribution in [0.4, 0.5) is 17.3 Å². The quantitative estimate of drug-likeness (QED) is 0.192. The van der Waals surface area contributed by atoms with Gasteiger partial charge in [0.05, 0.1) is 13.2 Å². The minimum absolute atomic E-state index is 0.0221. The molecule has 1 heterocycles. The number of carbonyl (C=O) groups is 2. The van der Waals surface area contributed by atoms with E-state index in [1.807, 2.05) is 13.0 Å². The van der Waals surface area contributed by atoms with Gasteiger partial charge in [0.25, 0.3) is 5.91 Å². The maximum atomic E-state index is 12.7. The second-order valence-corrected chi connectivity index (χ2v) is 7.74. The molecule has 1 amide bonds. The molecule has 2 N–H and O–H groups in total. The first-order valence-electron chi connectivity index (χ1n) is 10.5. The van der Waals surface area contributed by atoms with Crippen LogP contribution in [-0.2, 0) is 9.53 Å². The molecule has 3 rings (SSSR count). The predicted molar refractivity (Wildman–Crippen MR) is 134 cm³/mol. The van der Waals surface area contributed by atoms with Crippen LogP contribution in [0.15, 0.2) is 58.5 Å². The molecule has 0 radical (unpaired) electrons. The van der Waals surface area contributed by atoms with Crippen molar-refractivity contribution < 1.29 is 23.5 Å². The summed E-state index contributed by atoms with van der Waals surface area (Å²) in [5, 5.41) is 15.5. The molecule has 0 fully saturated rings. The molecule has 35 heavy (non-hydrogen) atoms. The van der Waals surface area contributed by atoms with Gasteiger partial charge in [0.1, 0.15) is 28.0 Å². The van der Waals surface area contributed by atoms with E-state index in [9.17, 15) is 14.9 Å². The van der Waals surface area contributed by atoms with Crippen molar-refractivity contribution in [1.29, 1.82) is 5.26 Å². The normalized spacial score (nSPS) is 10.9. The molecule has 0 unspecified atom stereocenters. The van der Waals surface area contributed by atoms with E-state index in [1.165, 1.54) is 0 Å². The van der Waals surface area contributed by atoms with E-state index in [-0.39, 0.29) is 34.4 Å². The molecular formula is C25H21Cl2N3O5. The number of hydrogen-bond acceptors (Lipinski definition) is 7. The molecule has 1 aromatic heterocycles. The van der Waals surface area contributed by atoms with E-state index in [0.29, 0.717) is 28.8 Å². The molecule has 0 saturated heterocycles. The second kappa shape index (κ2) is 12.0. The van der Waals surface area contributed by atoms with Crippen molar-refractivity contribution in [2.24, 2.45) is 0 Å². The van der Waals surface area contributed by atoms with Crippen molar-refractivity contribution in [3.8, 4) is 11.8 Å². The highest BCUT2D eigenvalue weighted by molar-refractivity contribution is 6.36. The Hall–Kier alpha value is -3.93. The molecule has 0 aliphatic heterocycles. The van der Waals surface area contributed by atoms with Crippen molar-refractivity contribution in [2.75, 3.05) is 23.8 Å². The van der Waals surface area contributed by atoms with Crippen LogP contribution < -0.4 is 15.4 Å². The van der Waals surface area contributed by atoms with Crippen LogP contribution in [0.5, 0.6) is 5.75 Å². The molecule has 0 aliphatic carbocycles. The first-order valence-corrected chi connectivity index (χ1v) is 11.3. The highest BCUT2D eigenvalue weighted by Crippen LogP contribution is 2.36. The number of esters is 1. The summed E-state index contributed by atoms with van der Waals surface area (Å²) in [5.41, 5.74) is 0.613. The number of furan rings is 1. The van der Waals surface area contributed by atoms with Crippen molar-refractivity contribution in [1.82, 2.24) is 0 Å². The summed E-state index contributed by atoms with van der Waals surface area (Å²) in [6.07, 6.45) is 1.15. The Labute approximate surface area is 212 Å². The Bertz CT molecular complexity index is 1290. The van der Waals surface area contributed by atoms with E-state index < -0.39 is 11.9 Å². The van der Waals surface area contributed by atoms with Crippen molar-refractivity contribution in [3.05, 3.63) is 75.5 Å². The lowest BCUT2D eigenvalue weighted by atomic mass is 10.2. The maximum absolute atomic E-state index is 12.7. The van der Waals surface area contributed by atoms with Gasteiger partial charge in [0.15, 0.2) is 5.76 Å². The number of hydrogen-bond donors (Lipinski definition) is 2. The van der Waals surface area contributed by atoms with Gasteiger partial charge in [-0.25, -0.2) is 4.79 Å². The molecule has 2 aromatic carbocycles. The van der Waals surface area contributed by atoms with Gasteiger partial charge in [0, 0.05) is 22.5 Å². The fourth-order valence-corrected chi connectivity index (χ4v) is 3.42. The molecule has 180 valence electrons. The molecule has 10 heteroatoms. The number of halogens is 2. The van der Waals surface area contributed by atoms with Gasteiger partial charge in [-0.3, -0.25) is 4.79 Å². The average molecular weight is 514 g/mol. The lowest BCUT2D eigenvalue weighted by molar-refractivity contribution is -0.112. The van der Waals surface area contributed by atoms with Gasteiger partial charge in [-0.15, -0.1) is 0 Å². The van der Waals surface area contributed by atoms with Crippen LogP contribution in [0.1, 0.15) is 30.0 Å². The third kappa shape index (κ3) is 6.57. The van der Waals surface area contributed by atoms with Gasteiger partial charge in [-0.05, 0) is 56.3 Å². The number of anilines is 3. The smallest absolute Gasteiger partial charge is 0.345 e. The first-order chi connectivity index (χ1) is 16.9. The van der Waals surface area contributed by atoms with E-state index in [2.05, 4.69) is 10.6 Å². The van der Waals surface area contributed by atoms with Crippen LogP contribution in [-0.4, -0.2) is 25.1 Å². The van der Waals surface area contributed by atoms with Gasteiger partial charge in [0.2, 0.25) is 5.88 Å². The van der Waals surface area contributed by atoms with E-state index in [4.69, 9.17) is 37.1 Å². The zero-order chi connectivity index (χ0) is 25.4. The fraction of sp³-hybridized carbons (Fsp3) is 0.160. The van der Waals surface area contributed by atoms with E-state index in [0.717, 1.165) is 6.08 Å². The molecule has 3 aromatic rings. The van der Waals surface area contributed by atoms with Crippen molar-refractivity contribution >= 4 is 58.4 Å². The number of benzene rings is 2. The maximum Gasteiger partial charge on any atom is 0.345 e. The van der Waals surface area contributed by atoms with E-state index in [1.54, 1.807) is 55.5 Å². The molecule has 0 saturated carbocycles. The number of nitriles is 1. The molecule has 0 aliphatic rings. The second-order valence-electron chi connectivity index (χ2n) is 6.92. The summed E-state index contributed by atoms with van der Waals surface area (Å²) in [5.74, 6) is -0.868. The monoisotopic (exact) mass is 513 g/mol. The largest absolute Gasteiger partial charge is 0.494 e. The first kappa shape index (κ1) is 25.7. The lowest BCUT2D eigenvalue weighted by Gasteiger charge is -2.06. The van der Waals surface area contributed by atoms with Gasteiger partial charge in [-0.2, -0.15) is 5.26 Å². The zero-order valence-corrected chi connectivity index (χ0v) is 20.4. The van der Waals surface area contributed by atoms with Gasteiger partial charge < -0.3 is 24.5 Å². The minimum Gasteiger partial charge on any atom is -0.494 e. The third-order valence-electron chi connectivity index (χ3n) is 4.50.